The first-order chi connectivity index (χ1) is 12.7. The Kier molecular flexibility index (Phi) is 5.06. The molecule has 3 aliphatic rings. The number of carbonyl (C=O) groups is 1. The molecule has 3 aliphatic carbocycles. The fourth-order valence-electron chi connectivity index (χ4n) is 5.46. The van der Waals surface area contributed by atoms with Gasteiger partial charge in [-0.05, 0) is 86.0 Å². The van der Waals surface area contributed by atoms with Gasteiger partial charge in [0.1, 0.15) is 5.75 Å². The van der Waals surface area contributed by atoms with Crippen molar-refractivity contribution >= 4 is 11.5 Å². The normalized spacial score (nSPS) is 30.2. The topological polar surface area (TPSA) is 38.3 Å². The Bertz CT molecular complexity index is 708. The number of fused-ring (bicyclic) bond motifs is 3. The Labute approximate surface area is 157 Å². The summed E-state index contributed by atoms with van der Waals surface area (Å²) in [6, 6.07) is 6.44. The monoisotopic (exact) mass is 353 g/mol. The van der Waals surface area contributed by atoms with Crippen LogP contribution < -0.4 is 10.1 Å². The van der Waals surface area contributed by atoms with Crippen LogP contribution in [0, 0.1) is 17.8 Å². The summed E-state index contributed by atoms with van der Waals surface area (Å²) >= 11 is 0. The van der Waals surface area contributed by atoms with Crippen LogP contribution in [-0.2, 0) is 11.2 Å². The van der Waals surface area contributed by atoms with Gasteiger partial charge in [0.15, 0.2) is 0 Å². The van der Waals surface area contributed by atoms with Crippen molar-refractivity contribution in [3.63, 3.8) is 0 Å². The van der Waals surface area contributed by atoms with Crippen LogP contribution in [0.2, 0.25) is 0 Å². The smallest absolute Gasteiger partial charge is 0.251 e. The van der Waals surface area contributed by atoms with E-state index in [2.05, 4.69) is 24.4 Å². The van der Waals surface area contributed by atoms with E-state index in [4.69, 9.17) is 4.74 Å². The maximum Gasteiger partial charge on any atom is 0.251 e. The van der Waals surface area contributed by atoms with Crippen molar-refractivity contribution in [3.8, 4) is 5.75 Å². The number of carbonyl (C=O) groups excluding carboxylic acids is 1. The standard InChI is InChI=1S/C23H31NO2/c1-3-15-11-16-7-10-22(18(12-15)13-16)24-23(25)21-6-4-5-17-14-19(26-2)8-9-20(17)21/h6,8-9,14-16,18,22H,3-5,7,10-13H2,1-2H3,(H,24,25). The summed E-state index contributed by atoms with van der Waals surface area (Å²) in [6.07, 6.45) is 11.8. The first-order valence-electron chi connectivity index (χ1n) is 10.4. The van der Waals surface area contributed by atoms with Crippen molar-refractivity contribution < 1.29 is 9.53 Å². The van der Waals surface area contributed by atoms with Crippen molar-refractivity contribution in [2.45, 2.75) is 64.3 Å². The average Bonchev–Trinajstić information content (AvgIpc) is 2.68. The van der Waals surface area contributed by atoms with E-state index < -0.39 is 0 Å². The molecule has 1 aromatic rings. The van der Waals surface area contributed by atoms with Gasteiger partial charge < -0.3 is 10.1 Å². The summed E-state index contributed by atoms with van der Waals surface area (Å²) in [5.74, 6) is 3.43. The minimum Gasteiger partial charge on any atom is -0.497 e. The van der Waals surface area contributed by atoms with Crippen molar-refractivity contribution in [2.24, 2.45) is 17.8 Å². The molecule has 4 atom stereocenters. The molecule has 2 fully saturated rings. The van der Waals surface area contributed by atoms with Gasteiger partial charge in [-0.15, -0.1) is 0 Å². The summed E-state index contributed by atoms with van der Waals surface area (Å²) in [7, 11) is 1.69. The number of hydrogen-bond donors (Lipinski definition) is 1. The van der Waals surface area contributed by atoms with E-state index in [1.807, 2.05) is 12.1 Å². The Morgan fingerprint density at radius 3 is 2.92 bits per heavy atom. The molecule has 2 bridgehead atoms. The zero-order valence-electron chi connectivity index (χ0n) is 16.1. The van der Waals surface area contributed by atoms with Crippen LogP contribution in [0.1, 0.15) is 63.0 Å². The molecule has 0 heterocycles. The Morgan fingerprint density at radius 2 is 2.12 bits per heavy atom. The lowest BCUT2D eigenvalue weighted by Gasteiger charge is -2.44. The van der Waals surface area contributed by atoms with Crippen LogP contribution in [-0.4, -0.2) is 19.1 Å². The summed E-state index contributed by atoms with van der Waals surface area (Å²) in [6.45, 7) is 2.32. The van der Waals surface area contributed by atoms with Crippen LogP contribution in [0.4, 0.5) is 0 Å². The second-order valence-corrected chi connectivity index (χ2v) is 8.44. The lowest BCUT2D eigenvalue weighted by molar-refractivity contribution is -0.117. The molecule has 3 nitrogen and oxygen atoms in total. The van der Waals surface area contributed by atoms with E-state index in [1.54, 1.807) is 7.11 Å². The fraction of sp³-hybridized carbons (Fsp3) is 0.609. The van der Waals surface area contributed by atoms with E-state index in [9.17, 15) is 4.79 Å². The number of allylic oxidation sites excluding steroid dienone is 1. The molecule has 140 valence electrons. The zero-order chi connectivity index (χ0) is 18.1. The van der Waals surface area contributed by atoms with Gasteiger partial charge in [0.05, 0.1) is 7.11 Å². The van der Waals surface area contributed by atoms with Gasteiger partial charge in [-0.25, -0.2) is 0 Å². The van der Waals surface area contributed by atoms with Crippen LogP contribution in [0.3, 0.4) is 0 Å². The summed E-state index contributed by atoms with van der Waals surface area (Å²) in [5.41, 5.74) is 3.17. The van der Waals surface area contributed by atoms with E-state index in [-0.39, 0.29) is 5.91 Å². The number of ether oxygens (including phenoxy) is 1. The van der Waals surface area contributed by atoms with Crippen molar-refractivity contribution in [3.05, 3.63) is 35.4 Å². The van der Waals surface area contributed by atoms with Crippen LogP contribution in [0.25, 0.3) is 5.57 Å². The second-order valence-electron chi connectivity index (χ2n) is 8.44. The molecular formula is C23H31NO2. The first kappa shape index (κ1) is 17.6. The third-order valence-electron chi connectivity index (χ3n) is 6.90. The number of nitrogens with one attached hydrogen (secondary N) is 1. The third-order valence-corrected chi connectivity index (χ3v) is 6.90. The van der Waals surface area contributed by atoms with E-state index in [0.29, 0.717) is 12.0 Å². The molecule has 0 spiro atoms. The average molecular weight is 354 g/mol. The summed E-state index contributed by atoms with van der Waals surface area (Å²) in [4.78, 5) is 13.1. The minimum atomic E-state index is 0.123. The number of rotatable bonds is 4. The Balaban J connectivity index is 1.48. The van der Waals surface area contributed by atoms with Crippen LogP contribution in [0.15, 0.2) is 24.3 Å². The molecule has 1 N–H and O–H groups in total. The molecule has 0 aromatic heterocycles. The van der Waals surface area contributed by atoms with Gasteiger partial charge in [0.2, 0.25) is 0 Å². The maximum absolute atomic E-state index is 13.1. The summed E-state index contributed by atoms with van der Waals surface area (Å²) < 4.78 is 5.34. The molecule has 1 aromatic carbocycles. The molecule has 2 saturated carbocycles. The molecule has 0 aliphatic heterocycles. The molecule has 4 unspecified atom stereocenters. The SMILES string of the molecule is CCC1CC2CCC(NC(=O)C3=CCCc4cc(OC)ccc43)C(C1)C2. The molecule has 0 radical (unpaired) electrons. The highest BCUT2D eigenvalue weighted by Gasteiger charge is 2.37. The largest absolute Gasteiger partial charge is 0.497 e. The number of amides is 1. The maximum atomic E-state index is 13.1. The molecule has 4 rings (SSSR count). The molecule has 0 saturated heterocycles. The predicted octanol–water partition coefficient (Wildman–Crippen LogP) is 4.75. The molecule has 26 heavy (non-hydrogen) atoms. The molecular weight excluding hydrogens is 322 g/mol. The van der Waals surface area contributed by atoms with Gasteiger partial charge in [-0.3, -0.25) is 4.79 Å². The second kappa shape index (κ2) is 7.46. The van der Waals surface area contributed by atoms with E-state index >= 15 is 0 Å². The quantitative estimate of drug-likeness (QED) is 0.848. The number of hydrogen-bond acceptors (Lipinski definition) is 2. The molecule has 1 amide bonds. The van der Waals surface area contributed by atoms with Crippen LogP contribution in [0.5, 0.6) is 5.75 Å². The minimum absolute atomic E-state index is 0.123. The molecule has 3 heteroatoms. The third kappa shape index (κ3) is 3.41. The lowest BCUT2D eigenvalue weighted by atomic mass is 9.65. The van der Waals surface area contributed by atoms with Crippen molar-refractivity contribution in [1.29, 1.82) is 0 Å². The van der Waals surface area contributed by atoms with Gasteiger partial charge in [0.25, 0.3) is 5.91 Å². The zero-order valence-corrected chi connectivity index (χ0v) is 16.1. The van der Waals surface area contributed by atoms with Gasteiger partial charge >= 0.3 is 0 Å². The Morgan fingerprint density at radius 1 is 1.23 bits per heavy atom. The van der Waals surface area contributed by atoms with E-state index in [1.165, 1.54) is 37.7 Å². The Hall–Kier alpha value is -1.77. The van der Waals surface area contributed by atoms with Gasteiger partial charge in [-0.2, -0.15) is 0 Å². The van der Waals surface area contributed by atoms with Gasteiger partial charge in [-0.1, -0.05) is 25.5 Å². The number of aryl methyl sites for hydroxylation is 1. The highest BCUT2D eigenvalue weighted by molar-refractivity contribution is 6.20. The lowest BCUT2D eigenvalue weighted by Crippen LogP contribution is -2.46. The summed E-state index contributed by atoms with van der Waals surface area (Å²) in [5, 5.41) is 3.42. The highest BCUT2D eigenvalue weighted by Crippen LogP contribution is 2.44. The van der Waals surface area contributed by atoms with Crippen LogP contribution >= 0.6 is 0 Å². The predicted molar refractivity (Wildman–Crippen MR) is 105 cm³/mol. The van der Waals surface area contributed by atoms with E-state index in [0.717, 1.165) is 48.0 Å². The van der Waals surface area contributed by atoms with Crippen molar-refractivity contribution in [1.82, 2.24) is 5.32 Å². The highest BCUT2D eigenvalue weighted by atomic mass is 16.5. The van der Waals surface area contributed by atoms with Gasteiger partial charge in [0, 0.05) is 11.6 Å². The first-order valence-corrected chi connectivity index (χ1v) is 10.4. The fourth-order valence-corrected chi connectivity index (χ4v) is 5.46. The number of methoxy groups -OCH3 is 1. The number of benzene rings is 1. The van der Waals surface area contributed by atoms with Crippen molar-refractivity contribution in [2.75, 3.05) is 7.11 Å².